The number of anilines is 4. The van der Waals surface area contributed by atoms with Crippen LogP contribution in [0.1, 0.15) is 26.0 Å². The number of hydrogen-bond acceptors (Lipinski definition) is 8. The van der Waals surface area contributed by atoms with E-state index >= 15 is 0 Å². The number of carbonyl (C=O) groups excluding carboxylic acids is 1. The van der Waals surface area contributed by atoms with E-state index in [0.29, 0.717) is 34.6 Å². The molecular formula is C24H26N8O2. The molecule has 0 saturated carbocycles. The van der Waals surface area contributed by atoms with Crippen LogP contribution >= 0.6 is 0 Å². The average molecular weight is 462 g/mol. The quantitative estimate of drug-likeness (QED) is 0.381. The molecule has 3 aromatic heterocycles. The van der Waals surface area contributed by atoms with Crippen LogP contribution < -0.4 is 20.7 Å². The predicted molar refractivity (Wildman–Crippen MR) is 131 cm³/mol. The van der Waals surface area contributed by atoms with Gasteiger partial charge in [0.15, 0.2) is 0 Å². The standard InChI is InChI=1S/C24H26N8O2/c1-14-9-22(29-15(2)28-14)31-21-10-20(18(12-26-21)24(33)25-3)30-19-8-6-7-17(23(19)34-5)16-11-27-32(4)13-16/h6-13H,1-5H3,(H,25,33)(H2,26,28,29,30,31)/i3D3. The lowest BCUT2D eigenvalue weighted by atomic mass is 10.1. The molecule has 34 heavy (non-hydrogen) atoms. The van der Waals surface area contributed by atoms with Crippen molar-refractivity contribution in [3.05, 3.63) is 66.0 Å². The Morgan fingerprint density at radius 3 is 2.65 bits per heavy atom. The van der Waals surface area contributed by atoms with Crippen LogP contribution in [0.3, 0.4) is 0 Å². The van der Waals surface area contributed by atoms with E-state index in [1.165, 1.54) is 6.20 Å². The summed E-state index contributed by atoms with van der Waals surface area (Å²) in [6, 6.07) is 8.87. The minimum atomic E-state index is -2.67. The maximum atomic E-state index is 12.8. The Bertz CT molecular complexity index is 1430. The van der Waals surface area contributed by atoms with Crippen LogP contribution in [0.15, 0.2) is 48.9 Å². The molecule has 0 radical (unpaired) electrons. The lowest BCUT2D eigenvalue weighted by Crippen LogP contribution is -2.19. The van der Waals surface area contributed by atoms with Gasteiger partial charge < -0.3 is 20.7 Å². The molecule has 10 heteroatoms. The number of ether oxygens (including phenoxy) is 1. The summed E-state index contributed by atoms with van der Waals surface area (Å²) in [5, 5.41) is 12.6. The Morgan fingerprint density at radius 2 is 1.94 bits per heavy atom. The van der Waals surface area contributed by atoms with Crippen LogP contribution in [0.4, 0.5) is 23.0 Å². The van der Waals surface area contributed by atoms with Crippen molar-refractivity contribution in [3.63, 3.8) is 0 Å². The fourth-order valence-corrected chi connectivity index (χ4v) is 3.58. The van der Waals surface area contributed by atoms with E-state index < -0.39 is 12.9 Å². The summed E-state index contributed by atoms with van der Waals surface area (Å²) in [4.78, 5) is 25.8. The minimum Gasteiger partial charge on any atom is -0.494 e. The molecule has 0 bridgehead atoms. The van der Waals surface area contributed by atoms with Gasteiger partial charge in [-0.2, -0.15) is 5.10 Å². The van der Waals surface area contributed by atoms with Crippen molar-refractivity contribution >= 4 is 28.9 Å². The van der Waals surface area contributed by atoms with E-state index in [9.17, 15) is 4.79 Å². The maximum Gasteiger partial charge on any atom is 0.254 e. The monoisotopic (exact) mass is 461 g/mol. The van der Waals surface area contributed by atoms with Crippen LogP contribution in [-0.2, 0) is 7.05 Å². The summed E-state index contributed by atoms with van der Waals surface area (Å²) in [5.74, 6) is 1.21. The van der Waals surface area contributed by atoms with E-state index in [4.69, 9.17) is 8.85 Å². The zero-order valence-corrected chi connectivity index (χ0v) is 19.2. The molecule has 0 aliphatic rings. The third kappa shape index (κ3) is 4.80. The molecule has 1 aromatic carbocycles. The summed E-state index contributed by atoms with van der Waals surface area (Å²) in [6.07, 6.45) is 4.87. The summed E-state index contributed by atoms with van der Waals surface area (Å²) in [6.45, 7) is 0.964. The molecule has 10 nitrogen and oxygen atoms in total. The molecule has 174 valence electrons. The Morgan fingerprint density at radius 1 is 1.09 bits per heavy atom. The lowest BCUT2D eigenvalue weighted by molar-refractivity contribution is 0.0963. The number of aryl methyl sites for hydroxylation is 3. The second-order valence-electron chi connectivity index (χ2n) is 7.55. The van der Waals surface area contributed by atoms with Crippen molar-refractivity contribution in [2.24, 2.45) is 7.05 Å². The Balaban J connectivity index is 1.76. The summed E-state index contributed by atoms with van der Waals surface area (Å²) < 4.78 is 29.7. The van der Waals surface area contributed by atoms with Crippen molar-refractivity contribution in [3.8, 4) is 16.9 Å². The van der Waals surface area contributed by atoms with Crippen LogP contribution in [-0.4, -0.2) is 44.7 Å². The van der Waals surface area contributed by atoms with Crippen molar-refractivity contribution in [2.75, 3.05) is 24.7 Å². The first kappa shape index (κ1) is 19.0. The van der Waals surface area contributed by atoms with Gasteiger partial charge in [0.1, 0.15) is 23.2 Å². The molecule has 0 fully saturated rings. The number of para-hydroxylation sites is 1. The fourth-order valence-electron chi connectivity index (χ4n) is 3.58. The molecule has 0 saturated heterocycles. The van der Waals surface area contributed by atoms with Crippen LogP contribution in [0.25, 0.3) is 11.1 Å². The van der Waals surface area contributed by atoms with E-state index in [0.717, 1.165) is 16.8 Å². The average Bonchev–Trinajstić information content (AvgIpc) is 3.23. The number of methoxy groups -OCH3 is 1. The number of pyridine rings is 1. The van der Waals surface area contributed by atoms with Gasteiger partial charge in [-0.1, -0.05) is 12.1 Å². The Hall–Kier alpha value is -4.47. The van der Waals surface area contributed by atoms with Crippen molar-refractivity contribution in [1.29, 1.82) is 0 Å². The van der Waals surface area contributed by atoms with Gasteiger partial charge in [-0.15, -0.1) is 0 Å². The van der Waals surface area contributed by atoms with Gasteiger partial charge in [-0.05, 0) is 19.9 Å². The molecule has 0 aliphatic carbocycles. The lowest BCUT2D eigenvalue weighted by Gasteiger charge is -2.17. The first-order chi connectivity index (χ1) is 17.5. The number of amides is 1. The van der Waals surface area contributed by atoms with Gasteiger partial charge in [-0.25, -0.2) is 15.0 Å². The molecule has 4 aromatic rings. The van der Waals surface area contributed by atoms with Gasteiger partial charge in [0.25, 0.3) is 5.91 Å². The highest BCUT2D eigenvalue weighted by molar-refractivity contribution is 6.00. The van der Waals surface area contributed by atoms with E-state index in [1.807, 2.05) is 37.6 Å². The molecule has 0 atom stereocenters. The molecule has 4 rings (SSSR count). The number of benzene rings is 1. The largest absolute Gasteiger partial charge is 0.494 e. The number of carbonyl (C=O) groups is 1. The zero-order chi connectivity index (χ0) is 26.7. The van der Waals surface area contributed by atoms with Gasteiger partial charge >= 0.3 is 0 Å². The highest BCUT2D eigenvalue weighted by Crippen LogP contribution is 2.38. The van der Waals surface area contributed by atoms with Crippen LogP contribution in [0, 0.1) is 13.8 Å². The van der Waals surface area contributed by atoms with Crippen molar-refractivity contribution < 1.29 is 13.6 Å². The molecule has 0 spiro atoms. The molecule has 0 aliphatic heterocycles. The van der Waals surface area contributed by atoms with E-state index in [-0.39, 0.29) is 5.56 Å². The molecule has 1 amide bonds. The molecule has 3 heterocycles. The fraction of sp³-hybridized carbons (Fsp3) is 0.208. The molecule has 3 N–H and O–H groups in total. The van der Waals surface area contributed by atoms with Gasteiger partial charge in [0.2, 0.25) is 0 Å². The smallest absolute Gasteiger partial charge is 0.254 e. The van der Waals surface area contributed by atoms with Crippen molar-refractivity contribution in [1.82, 2.24) is 30.0 Å². The first-order valence-electron chi connectivity index (χ1n) is 11.9. The summed E-state index contributed by atoms with van der Waals surface area (Å²) in [7, 11) is 3.36. The van der Waals surface area contributed by atoms with E-state index in [2.05, 4.69) is 30.7 Å². The zero-order valence-electron chi connectivity index (χ0n) is 22.2. The Kier molecular flexibility index (Phi) is 5.36. The van der Waals surface area contributed by atoms with Gasteiger partial charge in [-0.3, -0.25) is 9.48 Å². The van der Waals surface area contributed by atoms with Gasteiger partial charge in [0.05, 0.1) is 30.2 Å². The minimum absolute atomic E-state index is 0.0329. The van der Waals surface area contributed by atoms with E-state index in [1.54, 1.807) is 43.1 Å². The number of hydrogen-bond donors (Lipinski definition) is 3. The number of rotatable bonds is 7. The topological polar surface area (TPSA) is 119 Å². The third-order valence-electron chi connectivity index (χ3n) is 4.99. The number of nitrogens with zero attached hydrogens (tertiary/aromatic N) is 5. The number of aromatic nitrogens is 5. The first-order valence-corrected chi connectivity index (χ1v) is 10.4. The second-order valence-corrected chi connectivity index (χ2v) is 7.55. The predicted octanol–water partition coefficient (Wildman–Crippen LogP) is 3.74. The SMILES string of the molecule is [2H]C([2H])([2H])NC(=O)c1cnc(Nc2cc(C)nc(C)n2)cc1Nc1cccc(-c2cnn(C)c2)c1OC. The molecule has 0 unspecified atom stereocenters. The van der Waals surface area contributed by atoms with Crippen LogP contribution in [0.2, 0.25) is 0 Å². The van der Waals surface area contributed by atoms with Gasteiger partial charge in [0, 0.05) is 59.5 Å². The third-order valence-corrected chi connectivity index (χ3v) is 4.99. The molecular weight excluding hydrogens is 432 g/mol. The maximum absolute atomic E-state index is 12.8. The highest BCUT2D eigenvalue weighted by atomic mass is 16.5. The highest BCUT2D eigenvalue weighted by Gasteiger charge is 2.17. The Labute approximate surface area is 201 Å². The summed E-state index contributed by atoms with van der Waals surface area (Å²) >= 11 is 0. The second kappa shape index (κ2) is 9.57. The summed E-state index contributed by atoms with van der Waals surface area (Å²) in [5.41, 5.74) is 3.30. The van der Waals surface area contributed by atoms with Crippen molar-refractivity contribution in [2.45, 2.75) is 13.8 Å². The van der Waals surface area contributed by atoms with Crippen LogP contribution in [0.5, 0.6) is 5.75 Å². The normalized spacial score (nSPS) is 12.3. The number of nitrogens with one attached hydrogen (secondary N) is 3.